The molecule has 0 aliphatic carbocycles. The Morgan fingerprint density at radius 3 is 2.40 bits per heavy atom. The number of amides is 1. The Kier molecular flexibility index (Phi) is 4.14. The predicted octanol–water partition coefficient (Wildman–Crippen LogP) is 1.85. The lowest BCUT2D eigenvalue weighted by molar-refractivity contribution is 0.0957. The van der Waals surface area contributed by atoms with E-state index in [1.54, 1.807) is 0 Å². The van der Waals surface area contributed by atoms with Gasteiger partial charge in [-0.2, -0.15) is 0 Å². The predicted molar refractivity (Wildman–Crippen MR) is 70.3 cm³/mol. The van der Waals surface area contributed by atoms with Gasteiger partial charge in [-0.25, -0.2) is 8.78 Å². The second-order valence-electron chi connectivity index (χ2n) is 3.75. The number of hydrogen-bond acceptors (Lipinski definition) is 5. The summed E-state index contributed by atoms with van der Waals surface area (Å²) in [5.74, 6) is -1.94. The fourth-order valence-corrected chi connectivity index (χ4v) is 2.14. The number of hydrogen-bond donors (Lipinski definition) is 2. The highest BCUT2D eigenvalue weighted by Crippen LogP contribution is 2.31. The summed E-state index contributed by atoms with van der Waals surface area (Å²) in [7, 11) is 1.46. The average Bonchev–Trinajstić information content (AvgIpc) is 2.42. The van der Waals surface area contributed by atoms with Crippen LogP contribution in [-0.2, 0) is 0 Å². The van der Waals surface area contributed by atoms with Crippen LogP contribution < -0.4 is 11.1 Å². The van der Waals surface area contributed by atoms with Gasteiger partial charge < -0.3 is 11.1 Å². The van der Waals surface area contributed by atoms with Crippen LogP contribution in [0.5, 0.6) is 0 Å². The molecule has 0 bridgehead atoms. The number of nitrogen functional groups attached to an aromatic ring is 1. The molecule has 0 radical (unpaired) electrons. The quantitative estimate of drug-likeness (QED) is 0.845. The van der Waals surface area contributed by atoms with Crippen molar-refractivity contribution in [3.63, 3.8) is 0 Å². The minimum Gasteiger partial charge on any atom is -0.399 e. The third kappa shape index (κ3) is 3.02. The van der Waals surface area contributed by atoms with Crippen LogP contribution in [0.15, 0.2) is 34.2 Å². The molecule has 0 saturated heterocycles. The van der Waals surface area contributed by atoms with E-state index in [0.717, 1.165) is 23.9 Å². The molecule has 3 N–H and O–H groups in total. The molecule has 1 heterocycles. The van der Waals surface area contributed by atoms with Crippen molar-refractivity contribution >= 4 is 23.4 Å². The minimum atomic E-state index is -0.773. The standard InChI is InChI=1S/C12H10F2N4OS/c1-16-12(19)9-2-3-10(18-17-9)20-11-7(13)4-6(15)5-8(11)14/h2-5H,15H2,1H3,(H,16,19). The summed E-state index contributed by atoms with van der Waals surface area (Å²) in [4.78, 5) is 11.1. The monoisotopic (exact) mass is 296 g/mol. The normalized spacial score (nSPS) is 10.3. The molecule has 20 heavy (non-hydrogen) atoms. The number of carbonyl (C=O) groups is 1. The molecule has 1 aromatic carbocycles. The second kappa shape index (κ2) is 5.83. The zero-order chi connectivity index (χ0) is 14.7. The summed E-state index contributed by atoms with van der Waals surface area (Å²) < 4.78 is 27.2. The number of nitrogens with zero attached hydrogens (tertiary/aromatic N) is 2. The van der Waals surface area contributed by atoms with Crippen molar-refractivity contribution in [2.24, 2.45) is 0 Å². The number of aromatic nitrogens is 2. The molecule has 5 nitrogen and oxygen atoms in total. The lowest BCUT2D eigenvalue weighted by Gasteiger charge is -2.05. The second-order valence-corrected chi connectivity index (χ2v) is 4.78. The van der Waals surface area contributed by atoms with Crippen molar-refractivity contribution in [1.29, 1.82) is 0 Å². The summed E-state index contributed by atoms with van der Waals surface area (Å²) in [6, 6.07) is 4.92. The van der Waals surface area contributed by atoms with Gasteiger partial charge in [-0.05, 0) is 24.3 Å². The number of nitrogens with two attached hydrogens (primary N) is 1. The molecule has 0 atom stereocenters. The van der Waals surface area contributed by atoms with Crippen LogP contribution in [-0.4, -0.2) is 23.2 Å². The number of benzene rings is 1. The highest BCUT2D eigenvalue weighted by atomic mass is 32.2. The van der Waals surface area contributed by atoms with Crippen LogP contribution >= 0.6 is 11.8 Å². The van der Waals surface area contributed by atoms with Gasteiger partial charge in [-0.15, -0.1) is 10.2 Å². The first kappa shape index (κ1) is 14.2. The van der Waals surface area contributed by atoms with Crippen LogP contribution in [0.1, 0.15) is 10.5 Å². The molecule has 2 aromatic rings. The third-order valence-corrected chi connectivity index (χ3v) is 3.35. The van der Waals surface area contributed by atoms with Crippen molar-refractivity contribution < 1.29 is 13.6 Å². The van der Waals surface area contributed by atoms with Gasteiger partial charge in [-0.3, -0.25) is 4.79 Å². The molecule has 1 aromatic heterocycles. The topological polar surface area (TPSA) is 80.9 Å². The fourth-order valence-electron chi connectivity index (χ4n) is 1.41. The van der Waals surface area contributed by atoms with Gasteiger partial charge in [0.2, 0.25) is 0 Å². The van der Waals surface area contributed by atoms with Gasteiger partial charge in [-0.1, -0.05) is 11.8 Å². The van der Waals surface area contributed by atoms with E-state index in [4.69, 9.17) is 5.73 Å². The molecule has 0 aliphatic rings. The van der Waals surface area contributed by atoms with E-state index in [1.165, 1.54) is 19.2 Å². The number of nitrogens with one attached hydrogen (secondary N) is 1. The molecule has 0 saturated carbocycles. The number of halogens is 2. The highest BCUT2D eigenvalue weighted by molar-refractivity contribution is 7.99. The Hall–Kier alpha value is -2.22. The average molecular weight is 296 g/mol. The van der Waals surface area contributed by atoms with Gasteiger partial charge in [0.05, 0.1) is 4.90 Å². The van der Waals surface area contributed by atoms with E-state index in [-0.39, 0.29) is 27.2 Å². The van der Waals surface area contributed by atoms with Gasteiger partial charge >= 0.3 is 0 Å². The van der Waals surface area contributed by atoms with E-state index >= 15 is 0 Å². The van der Waals surface area contributed by atoms with E-state index in [0.29, 0.717) is 0 Å². The van der Waals surface area contributed by atoms with Crippen molar-refractivity contribution in [3.05, 3.63) is 41.6 Å². The van der Waals surface area contributed by atoms with Crippen LogP contribution in [0.3, 0.4) is 0 Å². The Labute approximate surface area is 117 Å². The SMILES string of the molecule is CNC(=O)c1ccc(Sc2c(F)cc(N)cc2F)nn1. The molecule has 0 aliphatic heterocycles. The Balaban J connectivity index is 2.25. The summed E-state index contributed by atoms with van der Waals surface area (Å²) in [6.07, 6.45) is 0. The smallest absolute Gasteiger partial charge is 0.271 e. The molecule has 8 heteroatoms. The maximum absolute atomic E-state index is 13.6. The van der Waals surface area contributed by atoms with E-state index < -0.39 is 11.6 Å². The molecule has 104 valence electrons. The minimum absolute atomic E-state index is 0.00500. The van der Waals surface area contributed by atoms with E-state index in [1.807, 2.05) is 0 Å². The summed E-state index contributed by atoms with van der Waals surface area (Å²) in [5, 5.41) is 10.1. The molecule has 1 amide bonds. The first-order chi connectivity index (χ1) is 9.51. The molecule has 0 unspecified atom stereocenters. The van der Waals surface area contributed by atoms with E-state index in [9.17, 15) is 13.6 Å². The number of rotatable bonds is 3. The van der Waals surface area contributed by atoms with Crippen molar-refractivity contribution in [2.75, 3.05) is 12.8 Å². The van der Waals surface area contributed by atoms with Crippen LogP contribution in [0, 0.1) is 11.6 Å². The van der Waals surface area contributed by atoms with Crippen LogP contribution in [0.25, 0.3) is 0 Å². The Bertz CT molecular complexity index is 625. The summed E-state index contributed by atoms with van der Waals surface area (Å²) >= 11 is 0.767. The van der Waals surface area contributed by atoms with Gasteiger partial charge in [0.25, 0.3) is 5.91 Å². The first-order valence-corrected chi connectivity index (χ1v) is 6.31. The largest absolute Gasteiger partial charge is 0.399 e. The van der Waals surface area contributed by atoms with E-state index in [2.05, 4.69) is 15.5 Å². The molecule has 0 fully saturated rings. The fraction of sp³-hybridized carbons (Fsp3) is 0.0833. The third-order valence-electron chi connectivity index (χ3n) is 2.33. The zero-order valence-corrected chi connectivity index (χ0v) is 11.2. The summed E-state index contributed by atoms with van der Waals surface area (Å²) in [5.41, 5.74) is 5.45. The zero-order valence-electron chi connectivity index (χ0n) is 10.4. The van der Waals surface area contributed by atoms with Gasteiger partial charge in [0.15, 0.2) is 5.69 Å². The van der Waals surface area contributed by atoms with Crippen molar-refractivity contribution in [2.45, 2.75) is 9.92 Å². The van der Waals surface area contributed by atoms with Crippen molar-refractivity contribution in [1.82, 2.24) is 15.5 Å². The Morgan fingerprint density at radius 2 is 1.90 bits per heavy atom. The maximum atomic E-state index is 13.6. The number of anilines is 1. The maximum Gasteiger partial charge on any atom is 0.271 e. The van der Waals surface area contributed by atoms with Gasteiger partial charge in [0.1, 0.15) is 16.7 Å². The Morgan fingerprint density at radius 1 is 1.25 bits per heavy atom. The highest BCUT2D eigenvalue weighted by Gasteiger charge is 2.14. The molecular weight excluding hydrogens is 286 g/mol. The molecular formula is C12H10F2N4OS. The molecule has 0 spiro atoms. The van der Waals surface area contributed by atoms with Gasteiger partial charge in [0, 0.05) is 12.7 Å². The first-order valence-electron chi connectivity index (χ1n) is 5.49. The lowest BCUT2D eigenvalue weighted by atomic mass is 10.3. The molecule has 2 rings (SSSR count). The lowest BCUT2D eigenvalue weighted by Crippen LogP contribution is -2.19. The van der Waals surface area contributed by atoms with Crippen molar-refractivity contribution in [3.8, 4) is 0 Å². The summed E-state index contributed by atoms with van der Waals surface area (Å²) in [6.45, 7) is 0. The number of carbonyl (C=O) groups excluding carboxylic acids is 1. The van der Waals surface area contributed by atoms with Crippen LogP contribution in [0.2, 0.25) is 0 Å². The van der Waals surface area contributed by atoms with Crippen LogP contribution in [0.4, 0.5) is 14.5 Å².